The SMILES string of the molecule is C[C@H](C(=O)O)n1ccc2c(cnc3ccnn32)c1=O. The van der Waals surface area contributed by atoms with Crippen LogP contribution in [0, 0.1) is 0 Å². The van der Waals surface area contributed by atoms with E-state index in [9.17, 15) is 9.59 Å². The van der Waals surface area contributed by atoms with Gasteiger partial charge in [-0.25, -0.2) is 14.3 Å². The molecule has 3 aromatic heterocycles. The Kier molecular flexibility index (Phi) is 2.34. The Morgan fingerprint density at radius 3 is 2.95 bits per heavy atom. The summed E-state index contributed by atoms with van der Waals surface area (Å²) in [5.41, 5.74) is 0.849. The van der Waals surface area contributed by atoms with Crippen LogP contribution in [-0.2, 0) is 4.79 Å². The van der Waals surface area contributed by atoms with Gasteiger partial charge in [0.05, 0.1) is 17.1 Å². The zero-order valence-corrected chi connectivity index (χ0v) is 10.0. The number of aliphatic carboxylic acids is 1. The maximum absolute atomic E-state index is 12.3. The first-order chi connectivity index (χ1) is 9.09. The molecule has 0 aliphatic rings. The fourth-order valence-electron chi connectivity index (χ4n) is 2.00. The van der Waals surface area contributed by atoms with Gasteiger partial charge in [-0.3, -0.25) is 4.79 Å². The molecule has 7 nitrogen and oxygen atoms in total. The second-order valence-corrected chi connectivity index (χ2v) is 4.20. The smallest absolute Gasteiger partial charge is 0.326 e. The molecule has 0 amide bonds. The Morgan fingerprint density at radius 2 is 2.21 bits per heavy atom. The van der Waals surface area contributed by atoms with Crippen LogP contribution >= 0.6 is 0 Å². The average Bonchev–Trinajstić information content (AvgIpc) is 2.86. The van der Waals surface area contributed by atoms with E-state index in [2.05, 4.69) is 10.1 Å². The van der Waals surface area contributed by atoms with E-state index < -0.39 is 17.6 Å². The molecular formula is C12H10N4O3. The summed E-state index contributed by atoms with van der Waals surface area (Å²) in [5.74, 6) is -1.06. The third-order valence-electron chi connectivity index (χ3n) is 3.09. The second kappa shape index (κ2) is 3.91. The highest BCUT2D eigenvalue weighted by Crippen LogP contribution is 2.12. The largest absolute Gasteiger partial charge is 0.480 e. The van der Waals surface area contributed by atoms with Crippen molar-refractivity contribution in [1.29, 1.82) is 0 Å². The average molecular weight is 258 g/mol. The minimum absolute atomic E-state index is 0.340. The summed E-state index contributed by atoms with van der Waals surface area (Å²) >= 11 is 0. The first-order valence-corrected chi connectivity index (χ1v) is 5.66. The predicted molar refractivity (Wildman–Crippen MR) is 67.1 cm³/mol. The van der Waals surface area contributed by atoms with Crippen LogP contribution < -0.4 is 5.56 Å². The van der Waals surface area contributed by atoms with Crippen molar-refractivity contribution in [3.63, 3.8) is 0 Å². The van der Waals surface area contributed by atoms with Crippen LogP contribution in [0.15, 0.2) is 35.5 Å². The van der Waals surface area contributed by atoms with Crippen molar-refractivity contribution < 1.29 is 9.90 Å². The molecule has 0 aliphatic carbocycles. The van der Waals surface area contributed by atoms with E-state index >= 15 is 0 Å². The highest BCUT2D eigenvalue weighted by Gasteiger charge is 2.16. The number of aromatic nitrogens is 4. The lowest BCUT2D eigenvalue weighted by molar-refractivity contribution is -0.140. The van der Waals surface area contributed by atoms with Crippen LogP contribution in [-0.4, -0.2) is 30.2 Å². The van der Waals surface area contributed by atoms with E-state index in [1.54, 1.807) is 22.8 Å². The zero-order chi connectivity index (χ0) is 13.6. The molecule has 1 atom stereocenters. The lowest BCUT2D eigenvalue weighted by Crippen LogP contribution is -2.27. The summed E-state index contributed by atoms with van der Waals surface area (Å²) in [6, 6.07) is 2.47. The molecule has 3 aromatic rings. The van der Waals surface area contributed by atoms with Gasteiger partial charge in [0.2, 0.25) is 0 Å². The quantitative estimate of drug-likeness (QED) is 0.730. The normalized spacial score (nSPS) is 12.9. The molecule has 1 N–H and O–H groups in total. The molecule has 96 valence electrons. The van der Waals surface area contributed by atoms with Gasteiger partial charge in [0.1, 0.15) is 6.04 Å². The molecule has 0 saturated carbocycles. The highest BCUT2D eigenvalue weighted by atomic mass is 16.4. The van der Waals surface area contributed by atoms with Crippen LogP contribution in [0.5, 0.6) is 0 Å². The maximum Gasteiger partial charge on any atom is 0.326 e. The van der Waals surface area contributed by atoms with Crippen LogP contribution in [0.2, 0.25) is 0 Å². The van der Waals surface area contributed by atoms with Gasteiger partial charge in [0, 0.05) is 18.5 Å². The monoisotopic (exact) mass is 258 g/mol. The number of carboxylic acids is 1. The molecule has 0 saturated heterocycles. The molecule has 0 radical (unpaired) electrons. The van der Waals surface area contributed by atoms with Gasteiger partial charge in [-0.2, -0.15) is 5.10 Å². The molecule has 19 heavy (non-hydrogen) atoms. The topological polar surface area (TPSA) is 89.5 Å². The molecule has 7 heteroatoms. The third-order valence-corrected chi connectivity index (χ3v) is 3.09. The van der Waals surface area contributed by atoms with E-state index in [4.69, 9.17) is 5.11 Å². The Hall–Kier alpha value is -2.70. The first-order valence-electron chi connectivity index (χ1n) is 5.66. The summed E-state index contributed by atoms with van der Waals surface area (Å²) in [6.07, 6.45) is 4.50. The molecule has 0 unspecified atom stereocenters. The summed E-state index contributed by atoms with van der Waals surface area (Å²) in [4.78, 5) is 27.3. The van der Waals surface area contributed by atoms with Gasteiger partial charge < -0.3 is 9.67 Å². The number of carboxylic acid groups (broad SMARTS) is 1. The highest BCUT2D eigenvalue weighted by molar-refractivity contribution is 5.80. The minimum Gasteiger partial charge on any atom is -0.480 e. The van der Waals surface area contributed by atoms with E-state index in [1.165, 1.54) is 23.9 Å². The number of pyridine rings is 1. The van der Waals surface area contributed by atoms with Gasteiger partial charge in [-0.15, -0.1) is 0 Å². The van der Waals surface area contributed by atoms with Gasteiger partial charge in [-0.1, -0.05) is 0 Å². The second-order valence-electron chi connectivity index (χ2n) is 4.20. The molecule has 3 heterocycles. The number of rotatable bonds is 2. The van der Waals surface area contributed by atoms with Crippen LogP contribution in [0.3, 0.4) is 0 Å². The minimum atomic E-state index is -1.06. The van der Waals surface area contributed by atoms with E-state index in [1.807, 2.05) is 0 Å². The molecule has 0 spiro atoms. The number of hydrogen-bond acceptors (Lipinski definition) is 4. The van der Waals surface area contributed by atoms with Gasteiger partial charge in [0.25, 0.3) is 5.56 Å². The summed E-state index contributed by atoms with van der Waals surface area (Å²) in [7, 11) is 0. The Bertz CT molecular complexity index is 849. The van der Waals surface area contributed by atoms with Crippen LogP contribution in [0.25, 0.3) is 16.6 Å². The molecule has 0 aliphatic heterocycles. The van der Waals surface area contributed by atoms with E-state index in [0.29, 0.717) is 16.6 Å². The van der Waals surface area contributed by atoms with Crippen molar-refractivity contribution in [2.75, 3.05) is 0 Å². The van der Waals surface area contributed by atoms with Crippen molar-refractivity contribution in [2.45, 2.75) is 13.0 Å². The lowest BCUT2D eigenvalue weighted by atomic mass is 10.2. The fourth-order valence-corrected chi connectivity index (χ4v) is 2.00. The number of hydrogen-bond donors (Lipinski definition) is 1. The summed E-state index contributed by atoms with van der Waals surface area (Å²) in [6.45, 7) is 1.45. The van der Waals surface area contributed by atoms with Gasteiger partial charge in [0.15, 0.2) is 5.65 Å². The van der Waals surface area contributed by atoms with Crippen LogP contribution in [0.1, 0.15) is 13.0 Å². The first kappa shape index (κ1) is 11.4. The standard InChI is InChI=1S/C12H10N4O3/c1-7(12(18)19)15-5-3-9-8(11(15)17)6-13-10-2-4-14-16(9)10/h2-7H,1H3,(H,18,19)/t7-/m1/s1. The van der Waals surface area contributed by atoms with Gasteiger partial charge >= 0.3 is 5.97 Å². The number of fused-ring (bicyclic) bond motifs is 3. The Labute approximate surface area is 106 Å². The number of carbonyl (C=O) groups is 1. The molecule has 0 aromatic carbocycles. The summed E-state index contributed by atoms with van der Waals surface area (Å²) in [5, 5.41) is 13.4. The maximum atomic E-state index is 12.3. The van der Waals surface area contributed by atoms with Crippen molar-refractivity contribution >= 4 is 22.5 Å². The Morgan fingerprint density at radius 1 is 1.42 bits per heavy atom. The van der Waals surface area contributed by atoms with Crippen molar-refractivity contribution in [3.05, 3.63) is 41.1 Å². The third kappa shape index (κ3) is 1.59. The predicted octanol–water partition coefficient (Wildman–Crippen LogP) is 0.690. The Balaban J connectivity index is 2.37. The number of nitrogens with zero attached hydrogens (tertiary/aromatic N) is 4. The van der Waals surface area contributed by atoms with Crippen molar-refractivity contribution in [2.24, 2.45) is 0 Å². The fraction of sp³-hybridized carbons (Fsp3) is 0.167. The molecule has 0 bridgehead atoms. The summed E-state index contributed by atoms with van der Waals surface area (Å²) < 4.78 is 2.72. The van der Waals surface area contributed by atoms with Gasteiger partial charge in [-0.05, 0) is 13.0 Å². The molecule has 3 rings (SSSR count). The van der Waals surface area contributed by atoms with Crippen molar-refractivity contribution in [3.8, 4) is 0 Å². The van der Waals surface area contributed by atoms with Crippen LogP contribution in [0.4, 0.5) is 0 Å². The molecule has 0 fully saturated rings. The van der Waals surface area contributed by atoms with E-state index in [0.717, 1.165) is 0 Å². The zero-order valence-electron chi connectivity index (χ0n) is 10.0. The van der Waals surface area contributed by atoms with Crippen molar-refractivity contribution in [1.82, 2.24) is 19.2 Å². The molecular weight excluding hydrogens is 248 g/mol. The lowest BCUT2D eigenvalue weighted by Gasteiger charge is -2.11. The van der Waals surface area contributed by atoms with E-state index in [-0.39, 0.29) is 0 Å².